The Balaban J connectivity index is 2.70. The van der Waals surface area contributed by atoms with Gasteiger partial charge in [0.1, 0.15) is 0 Å². The van der Waals surface area contributed by atoms with Crippen LogP contribution in [0.4, 0.5) is 0 Å². The van der Waals surface area contributed by atoms with Gasteiger partial charge in [-0.3, -0.25) is 4.79 Å². The largest absolute Gasteiger partial charge is 0.352 e. The van der Waals surface area contributed by atoms with E-state index in [4.69, 9.17) is 0 Å². The molecule has 0 aromatic heterocycles. The van der Waals surface area contributed by atoms with Crippen LogP contribution in [-0.2, 0) is 21.2 Å². The fourth-order valence-electron chi connectivity index (χ4n) is 2.06. The van der Waals surface area contributed by atoms with E-state index in [1.165, 1.54) is 0 Å². The van der Waals surface area contributed by atoms with Crippen LogP contribution in [0.5, 0.6) is 0 Å². The molecule has 0 aliphatic carbocycles. The lowest BCUT2D eigenvalue weighted by molar-refractivity contribution is -0.125. The number of carbonyl (C=O) groups excluding carboxylic acids is 1. The van der Waals surface area contributed by atoms with Crippen molar-refractivity contribution in [2.24, 2.45) is 5.92 Å². The summed E-state index contributed by atoms with van der Waals surface area (Å²) in [5, 5.41) is 2.46. The predicted octanol–water partition coefficient (Wildman–Crippen LogP) is 2.92. The van der Waals surface area contributed by atoms with E-state index in [2.05, 4.69) is 5.32 Å². The van der Waals surface area contributed by atoms with Gasteiger partial charge in [-0.05, 0) is 44.4 Å². The van der Waals surface area contributed by atoms with E-state index in [1.54, 1.807) is 38.1 Å². The van der Waals surface area contributed by atoms with Crippen molar-refractivity contribution in [3.63, 3.8) is 0 Å². The van der Waals surface area contributed by atoms with Crippen LogP contribution in [0.25, 0.3) is 0 Å². The lowest BCUT2D eigenvalue weighted by atomic mass is 10.0. The van der Waals surface area contributed by atoms with Crippen molar-refractivity contribution in [3.05, 3.63) is 29.8 Å². The molecular formula is C16H25NO3S. The zero-order valence-electron chi connectivity index (χ0n) is 13.2. The number of hydrogen-bond acceptors (Lipinski definition) is 3. The molecule has 0 radical (unpaired) electrons. The van der Waals surface area contributed by atoms with Crippen LogP contribution < -0.4 is 5.32 Å². The van der Waals surface area contributed by atoms with E-state index in [1.807, 2.05) is 13.8 Å². The van der Waals surface area contributed by atoms with E-state index < -0.39 is 15.1 Å². The average Bonchev–Trinajstić information content (AvgIpc) is 2.46. The second-order valence-corrected chi connectivity index (χ2v) is 7.97. The topological polar surface area (TPSA) is 63.2 Å². The Morgan fingerprint density at radius 3 is 2.05 bits per heavy atom. The maximum absolute atomic E-state index is 12.0. The molecule has 0 spiro atoms. The Kier molecular flexibility index (Phi) is 6.40. The highest BCUT2D eigenvalue weighted by atomic mass is 32.2. The van der Waals surface area contributed by atoms with Crippen LogP contribution in [0.3, 0.4) is 0 Å². The maximum Gasteiger partial charge on any atom is 0.223 e. The summed E-state index contributed by atoms with van der Waals surface area (Å²) in [6.45, 7) is 7.76. The van der Waals surface area contributed by atoms with Crippen LogP contribution in [0.1, 0.15) is 46.1 Å². The molecule has 0 aliphatic heterocycles. The standard InChI is InChI=1S/C16H25NO3S/c1-5-14(6-2)16(18)17-11-13-7-9-15(10-8-13)21(19,20)12(3)4/h7-10,12,14H,5-6,11H2,1-4H3,(H,17,18). The van der Waals surface area contributed by atoms with Gasteiger partial charge in [0.25, 0.3) is 0 Å². The summed E-state index contributed by atoms with van der Waals surface area (Å²) in [5.41, 5.74) is 0.900. The van der Waals surface area contributed by atoms with Crippen LogP contribution in [0.15, 0.2) is 29.2 Å². The Bertz CT molecular complexity index is 558. The quantitative estimate of drug-likeness (QED) is 0.842. The van der Waals surface area contributed by atoms with Gasteiger partial charge in [0.2, 0.25) is 5.91 Å². The lowest BCUT2D eigenvalue weighted by Crippen LogP contribution is -2.29. The van der Waals surface area contributed by atoms with Gasteiger partial charge in [-0.15, -0.1) is 0 Å². The molecule has 1 N–H and O–H groups in total. The summed E-state index contributed by atoms with van der Waals surface area (Å²) in [4.78, 5) is 12.2. The van der Waals surface area contributed by atoms with E-state index in [0.717, 1.165) is 18.4 Å². The van der Waals surface area contributed by atoms with Gasteiger partial charge < -0.3 is 5.32 Å². The number of nitrogens with one attached hydrogen (secondary N) is 1. The van der Waals surface area contributed by atoms with Crippen molar-refractivity contribution in [1.29, 1.82) is 0 Å². The zero-order valence-corrected chi connectivity index (χ0v) is 14.0. The number of hydrogen-bond donors (Lipinski definition) is 1. The van der Waals surface area contributed by atoms with Crippen molar-refractivity contribution in [2.75, 3.05) is 0 Å². The molecule has 0 bridgehead atoms. The molecule has 118 valence electrons. The van der Waals surface area contributed by atoms with Gasteiger partial charge >= 0.3 is 0 Å². The molecule has 5 heteroatoms. The first-order valence-electron chi connectivity index (χ1n) is 7.43. The van der Waals surface area contributed by atoms with Crippen LogP contribution in [0.2, 0.25) is 0 Å². The molecule has 1 rings (SSSR count). The molecule has 0 aliphatic rings. The summed E-state index contributed by atoms with van der Waals surface area (Å²) in [6.07, 6.45) is 1.65. The molecule has 0 unspecified atom stereocenters. The molecule has 0 atom stereocenters. The molecule has 1 aromatic rings. The Morgan fingerprint density at radius 1 is 1.10 bits per heavy atom. The third kappa shape index (κ3) is 4.56. The fraction of sp³-hybridized carbons (Fsp3) is 0.562. The Morgan fingerprint density at radius 2 is 1.62 bits per heavy atom. The molecule has 1 aromatic carbocycles. The number of carbonyl (C=O) groups is 1. The highest BCUT2D eigenvalue weighted by Crippen LogP contribution is 2.16. The van der Waals surface area contributed by atoms with Crippen molar-refractivity contribution in [3.8, 4) is 0 Å². The van der Waals surface area contributed by atoms with Crippen molar-refractivity contribution in [1.82, 2.24) is 5.32 Å². The maximum atomic E-state index is 12.0. The lowest BCUT2D eigenvalue weighted by Gasteiger charge is -2.13. The highest BCUT2D eigenvalue weighted by molar-refractivity contribution is 7.92. The first-order chi connectivity index (χ1) is 9.82. The van der Waals surface area contributed by atoms with Gasteiger partial charge in [-0.1, -0.05) is 26.0 Å². The summed E-state index contributed by atoms with van der Waals surface area (Å²) in [5.74, 6) is 0.101. The van der Waals surface area contributed by atoms with E-state index in [-0.39, 0.29) is 11.8 Å². The van der Waals surface area contributed by atoms with Crippen molar-refractivity contribution >= 4 is 15.7 Å². The first-order valence-corrected chi connectivity index (χ1v) is 8.98. The fourth-order valence-corrected chi connectivity index (χ4v) is 3.12. The number of benzene rings is 1. The molecular weight excluding hydrogens is 286 g/mol. The normalized spacial score (nSPS) is 11.9. The summed E-state index contributed by atoms with van der Waals surface area (Å²) in [6, 6.07) is 6.72. The summed E-state index contributed by atoms with van der Waals surface area (Å²) < 4.78 is 24.0. The van der Waals surface area contributed by atoms with Crippen molar-refractivity contribution in [2.45, 2.75) is 57.2 Å². The van der Waals surface area contributed by atoms with Crippen LogP contribution in [-0.4, -0.2) is 19.6 Å². The van der Waals surface area contributed by atoms with Crippen LogP contribution in [0, 0.1) is 5.92 Å². The Labute approximate surface area is 127 Å². The highest BCUT2D eigenvalue weighted by Gasteiger charge is 2.19. The smallest absolute Gasteiger partial charge is 0.223 e. The number of rotatable bonds is 7. The predicted molar refractivity (Wildman–Crippen MR) is 84.7 cm³/mol. The Hall–Kier alpha value is -1.36. The monoisotopic (exact) mass is 311 g/mol. The molecule has 0 saturated heterocycles. The van der Waals surface area contributed by atoms with Crippen LogP contribution >= 0.6 is 0 Å². The summed E-state index contributed by atoms with van der Waals surface area (Å²) >= 11 is 0. The second-order valence-electron chi connectivity index (χ2n) is 5.47. The van der Waals surface area contributed by atoms with E-state index in [0.29, 0.717) is 11.4 Å². The van der Waals surface area contributed by atoms with Gasteiger partial charge in [0, 0.05) is 12.5 Å². The minimum Gasteiger partial charge on any atom is -0.352 e. The van der Waals surface area contributed by atoms with Crippen molar-refractivity contribution < 1.29 is 13.2 Å². The van der Waals surface area contributed by atoms with Gasteiger partial charge in [-0.2, -0.15) is 0 Å². The first kappa shape index (κ1) is 17.7. The molecule has 4 nitrogen and oxygen atoms in total. The second kappa shape index (κ2) is 7.59. The number of amides is 1. The average molecular weight is 311 g/mol. The van der Waals surface area contributed by atoms with Gasteiger partial charge in [0.15, 0.2) is 9.84 Å². The third-order valence-electron chi connectivity index (χ3n) is 3.70. The van der Waals surface area contributed by atoms with E-state index >= 15 is 0 Å². The van der Waals surface area contributed by atoms with Gasteiger partial charge in [-0.25, -0.2) is 8.42 Å². The summed E-state index contributed by atoms with van der Waals surface area (Å²) in [7, 11) is -3.23. The zero-order chi connectivity index (χ0) is 16.0. The minimum atomic E-state index is -3.23. The number of sulfone groups is 1. The van der Waals surface area contributed by atoms with E-state index in [9.17, 15) is 13.2 Å². The molecule has 0 saturated carbocycles. The van der Waals surface area contributed by atoms with Gasteiger partial charge in [0.05, 0.1) is 10.1 Å². The molecule has 1 amide bonds. The third-order valence-corrected chi connectivity index (χ3v) is 5.87. The molecule has 0 fully saturated rings. The molecule has 0 heterocycles. The minimum absolute atomic E-state index is 0.0468. The SMILES string of the molecule is CCC(CC)C(=O)NCc1ccc(S(=O)(=O)C(C)C)cc1. The molecule has 21 heavy (non-hydrogen) atoms.